The minimum atomic E-state index is -1.04. The lowest BCUT2D eigenvalue weighted by Gasteiger charge is -2.32. The topological polar surface area (TPSA) is 113 Å². The van der Waals surface area contributed by atoms with Crippen molar-refractivity contribution in [3.8, 4) is 10.4 Å². The van der Waals surface area contributed by atoms with Crippen LogP contribution in [0.5, 0.6) is 0 Å². The maximum Gasteiger partial charge on any atom is 0.306 e. The SMILES string of the molecule is CCn1cnc(Nc2cc(C)cc(-c3cnc(C4(O)CCC(C(=O)O)CC4)s3)c2)n1. The second kappa shape index (κ2) is 8.16. The van der Waals surface area contributed by atoms with Crippen LogP contribution in [0.15, 0.2) is 30.7 Å². The Morgan fingerprint density at radius 3 is 2.73 bits per heavy atom. The highest BCUT2D eigenvalue weighted by atomic mass is 32.1. The third-order valence-electron chi connectivity index (χ3n) is 5.54. The molecule has 1 saturated carbocycles. The van der Waals surface area contributed by atoms with Gasteiger partial charge in [-0.25, -0.2) is 9.97 Å². The number of nitrogens with zero attached hydrogens (tertiary/aromatic N) is 4. The molecule has 0 spiro atoms. The molecule has 1 aromatic carbocycles. The Labute approximate surface area is 178 Å². The number of aryl methyl sites for hydroxylation is 2. The first-order valence-corrected chi connectivity index (χ1v) is 10.9. The van der Waals surface area contributed by atoms with Crippen molar-refractivity contribution in [1.82, 2.24) is 19.7 Å². The molecule has 0 saturated heterocycles. The average Bonchev–Trinajstić information content (AvgIpc) is 3.38. The number of hydrogen-bond acceptors (Lipinski definition) is 7. The molecule has 0 aliphatic heterocycles. The first-order chi connectivity index (χ1) is 14.4. The maximum absolute atomic E-state index is 11.2. The van der Waals surface area contributed by atoms with Crippen LogP contribution in [-0.2, 0) is 16.9 Å². The number of carboxylic acids is 1. The van der Waals surface area contributed by atoms with E-state index in [0.717, 1.165) is 28.2 Å². The number of thiazole rings is 1. The van der Waals surface area contributed by atoms with E-state index < -0.39 is 11.6 Å². The van der Waals surface area contributed by atoms with Crippen LogP contribution in [0.4, 0.5) is 11.6 Å². The lowest BCUT2D eigenvalue weighted by atomic mass is 9.79. The van der Waals surface area contributed by atoms with Gasteiger partial charge in [-0.3, -0.25) is 9.48 Å². The van der Waals surface area contributed by atoms with E-state index in [1.807, 2.05) is 26.0 Å². The normalized spacial score (nSPS) is 21.5. The summed E-state index contributed by atoms with van der Waals surface area (Å²) in [6.45, 7) is 4.79. The Bertz CT molecular complexity index is 1050. The minimum Gasteiger partial charge on any atom is -0.481 e. The zero-order valence-electron chi connectivity index (χ0n) is 17.0. The highest BCUT2D eigenvalue weighted by Crippen LogP contribution is 2.43. The molecule has 1 aliphatic rings. The highest BCUT2D eigenvalue weighted by molar-refractivity contribution is 7.15. The van der Waals surface area contributed by atoms with Crippen LogP contribution in [0.2, 0.25) is 0 Å². The van der Waals surface area contributed by atoms with Gasteiger partial charge in [0, 0.05) is 18.4 Å². The zero-order valence-corrected chi connectivity index (χ0v) is 17.8. The van der Waals surface area contributed by atoms with Crippen molar-refractivity contribution in [1.29, 1.82) is 0 Å². The molecular weight excluding hydrogens is 402 g/mol. The minimum absolute atomic E-state index is 0.375. The van der Waals surface area contributed by atoms with Gasteiger partial charge in [-0.1, -0.05) is 6.07 Å². The summed E-state index contributed by atoms with van der Waals surface area (Å²) < 4.78 is 1.76. The number of carbonyl (C=O) groups is 1. The van der Waals surface area contributed by atoms with Gasteiger partial charge in [0.2, 0.25) is 5.95 Å². The molecule has 0 atom stereocenters. The highest BCUT2D eigenvalue weighted by Gasteiger charge is 2.39. The molecule has 0 unspecified atom stereocenters. The van der Waals surface area contributed by atoms with Gasteiger partial charge in [0.15, 0.2) is 0 Å². The van der Waals surface area contributed by atoms with E-state index >= 15 is 0 Å². The average molecular weight is 428 g/mol. The standard InChI is InChI=1S/C21H25N5O3S/c1-3-26-12-23-20(25-26)24-16-9-13(2)8-15(10-16)17-11-22-19(30-17)21(29)6-4-14(5-7-21)18(27)28/h8-12,14,29H,3-7H2,1-2H3,(H,24,25)(H,27,28). The number of carboxylic acid groups (broad SMARTS) is 1. The van der Waals surface area contributed by atoms with Crippen molar-refractivity contribution < 1.29 is 15.0 Å². The number of hydrogen-bond donors (Lipinski definition) is 3. The zero-order chi connectivity index (χ0) is 21.3. The van der Waals surface area contributed by atoms with E-state index in [1.54, 1.807) is 17.2 Å². The van der Waals surface area contributed by atoms with Crippen molar-refractivity contribution in [3.05, 3.63) is 41.3 Å². The fourth-order valence-corrected chi connectivity index (χ4v) is 4.86. The molecule has 0 radical (unpaired) electrons. The third kappa shape index (κ3) is 4.22. The fourth-order valence-electron chi connectivity index (χ4n) is 3.81. The Morgan fingerprint density at radius 2 is 2.07 bits per heavy atom. The van der Waals surface area contributed by atoms with Crippen LogP contribution in [0.25, 0.3) is 10.4 Å². The number of rotatable bonds is 6. The fraction of sp³-hybridized carbons (Fsp3) is 0.429. The molecule has 8 nitrogen and oxygen atoms in total. The van der Waals surface area contributed by atoms with Gasteiger partial charge < -0.3 is 15.5 Å². The second-order valence-corrected chi connectivity index (χ2v) is 8.84. The van der Waals surface area contributed by atoms with Crippen molar-refractivity contribution in [2.75, 3.05) is 5.32 Å². The molecule has 3 N–H and O–H groups in total. The van der Waals surface area contributed by atoms with E-state index in [4.69, 9.17) is 0 Å². The molecule has 1 fully saturated rings. The van der Waals surface area contributed by atoms with Crippen LogP contribution in [0.1, 0.15) is 43.2 Å². The predicted molar refractivity (Wildman–Crippen MR) is 115 cm³/mol. The summed E-state index contributed by atoms with van der Waals surface area (Å²) in [5.41, 5.74) is 1.92. The van der Waals surface area contributed by atoms with Crippen molar-refractivity contribution >= 4 is 28.9 Å². The largest absolute Gasteiger partial charge is 0.481 e. The summed E-state index contributed by atoms with van der Waals surface area (Å²) in [5.74, 6) is -0.613. The Kier molecular flexibility index (Phi) is 5.57. The van der Waals surface area contributed by atoms with Crippen LogP contribution in [-0.4, -0.2) is 35.9 Å². The summed E-state index contributed by atoms with van der Waals surface area (Å²) in [5, 5.41) is 28.5. The van der Waals surface area contributed by atoms with E-state index in [2.05, 4.69) is 26.4 Å². The van der Waals surface area contributed by atoms with E-state index in [-0.39, 0.29) is 5.92 Å². The van der Waals surface area contributed by atoms with Crippen LogP contribution < -0.4 is 5.32 Å². The van der Waals surface area contributed by atoms with Gasteiger partial charge in [0.1, 0.15) is 16.9 Å². The number of anilines is 2. The van der Waals surface area contributed by atoms with Crippen LogP contribution in [0, 0.1) is 12.8 Å². The Balaban J connectivity index is 1.54. The molecule has 30 heavy (non-hydrogen) atoms. The Morgan fingerprint density at radius 1 is 1.30 bits per heavy atom. The monoisotopic (exact) mass is 427 g/mol. The number of aliphatic carboxylic acids is 1. The molecule has 0 bridgehead atoms. The van der Waals surface area contributed by atoms with Gasteiger partial charge in [0.25, 0.3) is 0 Å². The summed E-state index contributed by atoms with van der Waals surface area (Å²) >= 11 is 1.46. The molecule has 1 aliphatic carbocycles. The van der Waals surface area contributed by atoms with Gasteiger partial charge in [-0.2, -0.15) is 0 Å². The first kappa shape index (κ1) is 20.5. The van der Waals surface area contributed by atoms with Gasteiger partial charge in [0.05, 0.1) is 10.8 Å². The van der Waals surface area contributed by atoms with Crippen LogP contribution in [0.3, 0.4) is 0 Å². The molecule has 2 heterocycles. The van der Waals surface area contributed by atoms with Gasteiger partial charge >= 0.3 is 5.97 Å². The van der Waals surface area contributed by atoms with E-state index in [9.17, 15) is 15.0 Å². The van der Waals surface area contributed by atoms with E-state index in [0.29, 0.717) is 36.6 Å². The number of aliphatic hydroxyl groups is 1. The summed E-state index contributed by atoms with van der Waals surface area (Å²) in [4.78, 5) is 20.9. The van der Waals surface area contributed by atoms with Crippen molar-refractivity contribution in [3.63, 3.8) is 0 Å². The predicted octanol–water partition coefficient (Wildman–Crippen LogP) is 3.94. The van der Waals surface area contributed by atoms with Gasteiger partial charge in [-0.15, -0.1) is 16.4 Å². The Hall–Kier alpha value is -2.78. The van der Waals surface area contributed by atoms with Crippen molar-refractivity contribution in [2.24, 2.45) is 5.92 Å². The summed E-state index contributed by atoms with van der Waals surface area (Å²) in [6, 6.07) is 6.12. The molecular formula is C21H25N5O3S. The second-order valence-electron chi connectivity index (χ2n) is 7.81. The van der Waals surface area contributed by atoms with E-state index in [1.165, 1.54) is 11.3 Å². The maximum atomic E-state index is 11.2. The smallest absolute Gasteiger partial charge is 0.306 e. The third-order valence-corrected chi connectivity index (χ3v) is 6.78. The molecule has 158 valence electrons. The lowest BCUT2D eigenvalue weighted by Crippen LogP contribution is -2.33. The number of benzene rings is 1. The molecule has 2 aromatic heterocycles. The molecule has 9 heteroatoms. The van der Waals surface area contributed by atoms with Crippen molar-refractivity contribution in [2.45, 2.75) is 51.7 Å². The quantitative estimate of drug-likeness (QED) is 0.546. The first-order valence-electron chi connectivity index (χ1n) is 10.1. The summed E-state index contributed by atoms with van der Waals surface area (Å²) in [7, 11) is 0. The molecule has 3 aromatic rings. The lowest BCUT2D eigenvalue weighted by molar-refractivity contribution is -0.145. The molecule has 4 rings (SSSR count). The van der Waals surface area contributed by atoms with Gasteiger partial charge in [-0.05, 0) is 62.8 Å². The number of nitrogens with one attached hydrogen (secondary N) is 1. The summed E-state index contributed by atoms with van der Waals surface area (Å²) in [6.07, 6.45) is 5.25. The van der Waals surface area contributed by atoms with Crippen LogP contribution >= 0.6 is 11.3 Å². The molecule has 0 amide bonds. The number of aromatic nitrogens is 4.